The third-order valence-electron chi connectivity index (χ3n) is 6.79. The van der Waals surface area contributed by atoms with Crippen LogP contribution in [0.25, 0.3) is 0 Å². The van der Waals surface area contributed by atoms with Crippen molar-refractivity contribution >= 4 is 17.6 Å². The highest BCUT2D eigenvalue weighted by Crippen LogP contribution is 2.32. The van der Waals surface area contributed by atoms with Gasteiger partial charge in [-0.15, -0.1) is 0 Å². The minimum absolute atomic E-state index is 0.266. The van der Waals surface area contributed by atoms with Gasteiger partial charge in [-0.3, -0.25) is 4.68 Å². The minimum atomic E-state index is -0.857. The van der Waals surface area contributed by atoms with Gasteiger partial charge in [-0.05, 0) is 37.9 Å². The molecule has 34 heavy (non-hydrogen) atoms. The van der Waals surface area contributed by atoms with E-state index in [0.29, 0.717) is 37.7 Å². The Balaban J connectivity index is 1.35. The van der Waals surface area contributed by atoms with Crippen molar-refractivity contribution in [2.45, 2.75) is 51.2 Å². The Kier molecular flexibility index (Phi) is 5.95. The first-order valence-corrected chi connectivity index (χ1v) is 11.8. The quantitative estimate of drug-likeness (QED) is 0.527. The Morgan fingerprint density at radius 3 is 2.68 bits per heavy atom. The van der Waals surface area contributed by atoms with Crippen LogP contribution in [0.3, 0.4) is 0 Å². The molecule has 5 rings (SSSR count). The smallest absolute Gasteiger partial charge is 0.230 e. The number of aromatic nitrogens is 5. The number of pyridine rings is 1. The summed E-state index contributed by atoms with van der Waals surface area (Å²) in [5, 5.41) is 21.9. The zero-order valence-electron chi connectivity index (χ0n) is 19.8. The molecular weight excluding hydrogens is 435 g/mol. The molecule has 1 saturated heterocycles. The van der Waals surface area contributed by atoms with E-state index in [0.717, 1.165) is 36.3 Å². The van der Waals surface area contributed by atoms with Crippen LogP contribution in [0.15, 0.2) is 24.5 Å². The summed E-state index contributed by atoms with van der Waals surface area (Å²) in [7, 11) is 1.97. The summed E-state index contributed by atoms with van der Waals surface area (Å²) >= 11 is 0. The predicted octanol–water partition coefficient (Wildman–Crippen LogP) is 2.74. The molecule has 5 heterocycles. The highest BCUT2D eigenvalue weighted by atomic mass is 19.1. The number of aryl methyl sites for hydroxylation is 1. The van der Waals surface area contributed by atoms with Gasteiger partial charge in [-0.25, -0.2) is 14.4 Å². The van der Waals surface area contributed by atoms with Crippen LogP contribution in [-0.4, -0.2) is 49.5 Å². The summed E-state index contributed by atoms with van der Waals surface area (Å²) < 4.78 is 16.7. The van der Waals surface area contributed by atoms with Crippen molar-refractivity contribution in [1.29, 1.82) is 0 Å². The summed E-state index contributed by atoms with van der Waals surface area (Å²) in [6, 6.07) is 3.66. The maximum atomic E-state index is 14.8. The molecule has 10 heteroatoms. The zero-order chi connectivity index (χ0) is 23.9. The molecule has 9 nitrogen and oxygen atoms in total. The molecule has 2 aliphatic heterocycles. The van der Waals surface area contributed by atoms with Crippen LogP contribution >= 0.6 is 0 Å². The second-order valence-corrected chi connectivity index (χ2v) is 9.46. The Bertz CT molecular complexity index is 1170. The lowest BCUT2D eigenvalue weighted by molar-refractivity contribution is 0.00566. The SMILES string of the molecule is CC(C)c1c2c(nn1C)CCN(c1nc(Nc3ccc(C4(O)CCNCC4)cn3)ncc1F)C2. The van der Waals surface area contributed by atoms with Gasteiger partial charge >= 0.3 is 0 Å². The van der Waals surface area contributed by atoms with E-state index >= 15 is 0 Å². The molecule has 3 N–H and O–H groups in total. The number of piperidine rings is 1. The van der Waals surface area contributed by atoms with Crippen LogP contribution in [0.4, 0.5) is 22.0 Å². The Hall–Kier alpha value is -3.11. The number of hydrogen-bond acceptors (Lipinski definition) is 8. The van der Waals surface area contributed by atoms with E-state index in [4.69, 9.17) is 0 Å². The van der Waals surface area contributed by atoms with Crippen LogP contribution in [0.5, 0.6) is 0 Å². The van der Waals surface area contributed by atoms with E-state index in [2.05, 4.69) is 44.5 Å². The van der Waals surface area contributed by atoms with Gasteiger partial charge < -0.3 is 20.6 Å². The Labute approximate surface area is 198 Å². The van der Waals surface area contributed by atoms with E-state index in [9.17, 15) is 9.50 Å². The summed E-state index contributed by atoms with van der Waals surface area (Å²) in [4.78, 5) is 15.0. The molecule has 0 unspecified atom stereocenters. The molecule has 3 aromatic rings. The van der Waals surface area contributed by atoms with Crippen LogP contribution in [0.1, 0.15) is 55.1 Å². The number of anilines is 3. The molecule has 180 valence electrons. The van der Waals surface area contributed by atoms with Gasteiger partial charge in [0.1, 0.15) is 5.82 Å². The third kappa shape index (κ3) is 4.23. The number of hydrogen-bond donors (Lipinski definition) is 3. The second kappa shape index (κ2) is 8.92. The number of fused-ring (bicyclic) bond motifs is 1. The van der Waals surface area contributed by atoms with E-state index in [1.54, 1.807) is 12.3 Å². The molecule has 0 radical (unpaired) electrons. The fourth-order valence-corrected chi connectivity index (χ4v) is 5.05. The monoisotopic (exact) mass is 466 g/mol. The summed E-state index contributed by atoms with van der Waals surface area (Å²) in [6.07, 6.45) is 4.92. The van der Waals surface area contributed by atoms with Gasteiger partial charge in [-0.2, -0.15) is 10.1 Å². The molecule has 2 aliphatic rings. The molecular formula is C24H31FN8O. The number of nitrogens with one attached hydrogen (secondary N) is 2. The Morgan fingerprint density at radius 2 is 1.97 bits per heavy atom. The molecule has 0 amide bonds. The van der Waals surface area contributed by atoms with Gasteiger partial charge in [0.25, 0.3) is 0 Å². The highest BCUT2D eigenvalue weighted by Gasteiger charge is 2.31. The number of rotatable bonds is 5. The fourth-order valence-electron chi connectivity index (χ4n) is 5.05. The lowest BCUT2D eigenvalue weighted by atomic mass is 9.86. The zero-order valence-corrected chi connectivity index (χ0v) is 19.8. The first kappa shape index (κ1) is 22.7. The molecule has 0 spiro atoms. The Morgan fingerprint density at radius 1 is 1.18 bits per heavy atom. The first-order valence-electron chi connectivity index (χ1n) is 11.8. The normalized spacial score (nSPS) is 17.6. The van der Waals surface area contributed by atoms with Crippen molar-refractivity contribution in [2.75, 3.05) is 29.9 Å². The maximum absolute atomic E-state index is 14.8. The molecule has 0 aliphatic carbocycles. The third-order valence-corrected chi connectivity index (χ3v) is 6.79. The van der Waals surface area contributed by atoms with Crippen LogP contribution in [0, 0.1) is 5.82 Å². The van der Waals surface area contributed by atoms with Gasteiger partial charge in [0.2, 0.25) is 5.95 Å². The summed E-state index contributed by atoms with van der Waals surface area (Å²) in [5.41, 5.74) is 3.35. The van der Waals surface area contributed by atoms with Crippen molar-refractivity contribution in [3.8, 4) is 0 Å². The van der Waals surface area contributed by atoms with Crippen molar-refractivity contribution < 1.29 is 9.50 Å². The van der Waals surface area contributed by atoms with E-state index in [1.165, 1.54) is 11.9 Å². The van der Waals surface area contributed by atoms with Gasteiger partial charge in [0.05, 0.1) is 17.5 Å². The minimum Gasteiger partial charge on any atom is -0.385 e. The first-order chi connectivity index (χ1) is 16.3. The maximum Gasteiger partial charge on any atom is 0.230 e. The summed E-state index contributed by atoms with van der Waals surface area (Å²) in [6.45, 7) is 7.04. The van der Waals surface area contributed by atoms with Gasteiger partial charge in [0, 0.05) is 49.6 Å². The molecule has 0 atom stereocenters. The van der Waals surface area contributed by atoms with Crippen molar-refractivity contribution in [3.63, 3.8) is 0 Å². The van der Waals surface area contributed by atoms with Crippen LogP contribution < -0.4 is 15.5 Å². The predicted molar refractivity (Wildman–Crippen MR) is 128 cm³/mol. The van der Waals surface area contributed by atoms with Crippen molar-refractivity contribution in [2.24, 2.45) is 7.05 Å². The second-order valence-electron chi connectivity index (χ2n) is 9.46. The molecule has 0 saturated carbocycles. The average Bonchev–Trinajstić information content (AvgIpc) is 3.16. The van der Waals surface area contributed by atoms with Crippen LogP contribution in [0.2, 0.25) is 0 Å². The average molecular weight is 467 g/mol. The van der Waals surface area contributed by atoms with Gasteiger partial charge in [-0.1, -0.05) is 19.9 Å². The van der Waals surface area contributed by atoms with Crippen molar-refractivity contribution in [3.05, 3.63) is 52.9 Å². The number of nitrogens with zero attached hydrogens (tertiary/aromatic N) is 6. The lowest BCUT2D eigenvalue weighted by Gasteiger charge is -2.32. The number of halogens is 1. The van der Waals surface area contributed by atoms with E-state index in [-0.39, 0.29) is 11.8 Å². The van der Waals surface area contributed by atoms with E-state index < -0.39 is 11.4 Å². The largest absolute Gasteiger partial charge is 0.385 e. The topological polar surface area (TPSA) is 104 Å². The fraction of sp³-hybridized carbons (Fsp3) is 0.500. The van der Waals surface area contributed by atoms with Crippen molar-refractivity contribution in [1.82, 2.24) is 30.0 Å². The van der Waals surface area contributed by atoms with Crippen LogP contribution in [-0.2, 0) is 25.6 Å². The van der Waals surface area contributed by atoms with E-state index in [1.807, 2.05) is 22.7 Å². The highest BCUT2D eigenvalue weighted by molar-refractivity contribution is 5.53. The number of aliphatic hydroxyl groups is 1. The molecule has 0 bridgehead atoms. The molecule has 3 aromatic heterocycles. The molecule has 1 fully saturated rings. The standard InChI is InChI=1S/C24H31FN8O/c1-15(2)21-17-14-33(11-6-19(17)31-32(21)3)22-18(25)13-28-23(30-22)29-20-5-4-16(12-27-20)24(34)7-9-26-10-8-24/h4-5,12-13,15,26,34H,6-11,14H2,1-3H3,(H,27,28,29,30). The lowest BCUT2D eigenvalue weighted by Crippen LogP contribution is -2.39. The van der Waals surface area contributed by atoms with Gasteiger partial charge in [0.15, 0.2) is 11.6 Å². The molecule has 0 aromatic carbocycles. The summed E-state index contributed by atoms with van der Waals surface area (Å²) in [5.74, 6) is 0.945.